The Morgan fingerprint density at radius 1 is 1.55 bits per heavy atom. The van der Waals surface area contributed by atoms with E-state index >= 15 is 0 Å². The molecule has 0 saturated carbocycles. The summed E-state index contributed by atoms with van der Waals surface area (Å²) in [6.45, 7) is 0. The Balaban J connectivity index is 4.25. The first kappa shape index (κ1) is 11.2. The first-order valence-corrected chi connectivity index (χ1v) is 4.09. The van der Waals surface area contributed by atoms with E-state index in [4.69, 9.17) is 16.7 Å². The topological polar surface area (TPSA) is 37.3 Å². The van der Waals surface area contributed by atoms with Crippen molar-refractivity contribution in [2.45, 2.75) is 17.7 Å². The zero-order valence-electron chi connectivity index (χ0n) is 5.52. The van der Waals surface area contributed by atoms with Gasteiger partial charge >= 0.3 is 22.5 Å². The highest BCUT2D eigenvalue weighted by Crippen LogP contribution is 2.24. The number of aliphatic hydroxyl groups excluding tert-OH is 1. The lowest BCUT2D eigenvalue weighted by molar-refractivity contribution is -0.203. The summed E-state index contributed by atoms with van der Waals surface area (Å²) in [5.41, 5.74) is 0. The van der Waals surface area contributed by atoms with Crippen molar-refractivity contribution in [2.75, 3.05) is 0 Å². The number of hydrogen-bond donors (Lipinski definition) is 1. The monoisotopic (exact) mass is 204 g/mol. The van der Waals surface area contributed by atoms with Crippen molar-refractivity contribution in [1.29, 1.82) is 0 Å². The van der Waals surface area contributed by atoms with Gasteiger partial charge in [-0.25, -0.2) is 0 Å². The molecule has 2 nitrogen and oxygen atoms in total. The van der Waals surface area contributed by atoms with Gasteiger partial charge in [-0.1, -0.05) is 0 Å². The normalized spacial score (nSPS) is 17.5. The van der Waals surface area contributed by atoms with Crippen molar-refractivity contribution >= 4 is 32.5 Å². The summed E-state index contributed by atoms with van der Waals surface area (Å²) in [7, 11) is 0. The van der Waals surface area contributed by atoms with Gasteiger partial charge in [0, 0.05) is 0 Å². The highest BCUT2D eigenvalue weighted by molar-refractivity contribution is 6.64. The van der Waals surface area contributed by atoms with E-state index in [1.165, 1.54) is 0 Å². The van der Waals surface area contributed by atoms with Crippen LogP contribution in [0.2, 0.25) is 0 Å². The summed E-state index contributed by atoms with van der Waals surface area (Å²) in [6.07, 6.45) is -7.55. The zero-order valence-corrected chi connectivity index (χ0v) is 8.28. The maximum Gasteiger partial charge on any atom is 0.416 e. The molecule has 0 aromatic rings. The molecule has 0 saturated heterocycles. The fourth-order valence-electron chi connectivity index (χ4n) is 0.388. The summed E-state index contributed by atoms with van der Waals surface area (Å²) in [5, 5.41) is 6.52. The van der Waals surface area contributed by atoms with E-state index in [0.717, 1.165) is 0 Å². The molecule has 1 N–H and O–H groups in total. The van der Waals surface area contributed by atoms with E-state index in [-0.39, 0.29) is 16.3 Å². The standard InChI is InChI=1S/C4H3ClF3O2.Al.2H/c5-2(1-9)3(10)4(6,7)8;;;/h2-3,10H;;;. The zero-order chi connectivity index (χ0) is 9.23. The van der Waals surface area contributed by atoms with Gasteiger partial charge in [0.15, 0.2) is 6.10 Å². The molecule has 0 bridgehead atoms. The fraction of sp³-hybridized carbons (Fsp3) is 0.750. The van der Waals surface area contributed by atoms with E-state index in [1.54, 1.807) is 0 Å². The summed E-state index contributed by atoms with van der Waals surface area (Å²) < 4.78 is 34.0. The third-order valence-corrected chi connectivity index (χ3v) is 2.53. The van der Waals surface area contributed by atoms with Crippen molar-refractivity contribution in [3.8, 4) is 0 Å². The number of alkyl halides is 4. The molecule has 2 unspecified atom stereocenters. The summed E-state index contributed by atoms with van der Waals surface area (Å²) in [4.78, 5) is 10.3. The minimum Gasteiger partial charge on any atom is -0.382 e. The van der Waals surface area contributed by atoms with Crippen LogP contribution in [0.1, 0.15) is 0 Å². The number of rotatable bonds is 2. The third-order valence-electron chi connectivity index (χ3n) is 1.00. The Bertz CT molecular complexity index is 160. The quantitative estimate of drug-likeness (QED) is 0.494. The average molecular weight is 205 g/mol. The molecule has 0 amide bonds. The van der Waals surface area contributed by atoms with Crippen molar-refractivity contribution in [3.63, 3.8) is 0 Å². The lowest BCUT2D eigenvalue weighted by atomic mass is 10.2. The van der Waals surface area contributed by atoms with Gasteiger partial charge in [-0.05, 0) is 0 Å². The Morgan fingerprint density at radius 3 is 2.00 bits per heavy atom. The number of aliphatic hydroxyl groups is 1. The summed E-state index contributed by atoms with van der Waals surface area (Å²) >= 11 is 4.87. The van der Waals surface area contributed by atoms with Gasteiger partial charge in [-0.3, -0.25) is 0 Å². The predicted molar refractivity (Wildman–Crippen MR) is 35.3 cm³/mol. The number of halogens is 4. The van der Waals surface area contributed by atoms with Crippen LogP contribution in [0.4, 0.5) is 13.2 Å². The van der Waals surface area contributed by atoms with Crippen LogP contribution in [0.25, 0.3) is 0 Å². The SMILES string of the molecule is O=[C]([AlH2])C(Cl)C(O)C(F)(F)F. The number of carbonyl (C=O) groups is 1. The van der Waals surface area contributed by atoms with E-state index in [9.17, 15) is 18.0 Å². The molecular formula is C4H5AlClF3O2. The molecule has 0 radical (unpaired) electrons. The van der Waals surface area contributed by atoms with Gasteiger partial charge < -0.3 is 9.90 Å². The molecule has 0 rings (SSSR count). The minimum atomic E-state index is -4.81. The highest BCUT2D eigenvalue weighted by atomic mass is 35.5. The molecule has 0 aromatic heterocycles. The predicted octanol–water partition coefficient (Wildman–Crippen LogP) is -0.323. The largest absolute Gasteiger partial charge is 0.416 e. The number of hydrogen-bond acceptors (Lipinski definition) is 2. The summed E-state index contributed by atoms with van der Waals surface area (Å²) in [5.74, 6) is 0. The number of carbonyl (C=O) groups excluding carboxylic acids is 1. The van der Waals surface area contributed by atoms with Crippen molar-refractivity contribution < 1.29 is 23.1 Å². The first-order valence-electron chi connectivity index (χ1n) is 2.66. The smallest absolute Gasteiger partial charge is 0.382 e. The molecule has 0 aliphatic heterocycles. The van der Waals surface area contributed by atoms with Gasteiger partial charge in [0.2, 0.25) is 0 Å². The van der Waals surface area contributed by atoms with E-state index in [0.29, 0.717) is 0 Å². The van der Waals surface area contributed by atoms with Crippen molar-refractivity contribution in [2.24, 2.45) is 0 Å². The maximum absolute atomic E-state index is 11.6. The van der Waals surface area contributed by atoms with Crippen LogP contribution in [-0.4, -0.2) is 43.7 Å². The van der Waals surface area contributed by atoms with Crippen LogP contribution in [0.3, 0.4) is 0 Å². The van der Waals surface area contributed by atoms with Gasteiger partial charge in [0.1, 0.15) is 5.38 Å². The van der Waals surface area contributed by atoms with Crippen LogP contribution < -0.4 is 0 Å². The second-order valence-corrected chi connectivity index (χ2v) is 3.45. The highest BCUT2D eigenvalue weighted by Gasteiger charge is 2.44. The molecule has 7 heteroatoms. The van der Waals surface area contributed by atoms with Gasteiger partial charge in [0.25, 0.3) is 0 Å². The third kappa shape index (κ3) is 3.43. The first-order chi connectivity index (χ1) is 4.76. The average Bonchev–Trinajstić information content (AvgIpc) is 1.82. The second kappa shape index (κ2) is 3.77. The van der Waals surface area contributed by atoms with Crippen LogP contribution in [0.15, 0.2) is 0 Å². The van der Waals surface area contributed by atoms with Crippen LogP contribution >= 0.6 is 11.6 Å². The molecule has 0 spiro atoms. The van der Waals surface area contributed by atoms with Crippen LogP contribution in [-0.2, 0) is 4.79 Å². The molecule has 0 aliphatic carbocycles. The Kier molecular flexibility index (Phi) is 3.85. The lowest BCUT2D eigenvalue weighted by Crippen LogP contribution is -2.41. The minimum absolute atomic E-state index is 0.0965. The van der Waals surface area contributed by atoms with Crippen LogP contribution in [0.5, 0.6) is 0 Å². The molecule has 0 aromatic carbocycles. The molecule has 64 valence electrons. The van der Waals surface area contributed by atoms with Crippen molar-refractivity contribution in [3.05, 3.63) is 0 Å². The molecular weight excluding hydrogens is 199 g/mol. The molecule has 11 heavy (non-hydrogen) atoms. The molecule has 2 atom stereocenters. The van der Waals surface area contributed by atoms with E-state index in [2.05, 4.69) is 0 Å². The Morgan fingerprint density at radius 2 is 1.91 bits per heavy atom. The second-order valence-electron chi connectivity index (χ2n) is 2.00. The van der Waals surface area contributed by atoms with Crippen molar-refractivity contribution in [1.82, 2.24) is 0 Å². The maximum atomic E-state index is 11.6. The Labute approximate surface area is 73.8 Å². The molecule has 0 aliphatic rings. The Hall–Kier alpha value is 0.242. The van der Waals surface area contributed by atoms with E-state index in [1.807, 2.05) is 0 Å². The van der Waals surface area contributed by atoms with E-state index < -0.39 is 22.3 Å². The lowest BCUT2D eigenvalue weighted by Gasteiger charge is -2.17. The van der Waals surface area contributed by atoms with Gasteiger partial charge in [0.05, 0.1) is 4.65 Å². The summed E-state index contributed by atoms with van der Waals surface area (Å²) in [6, 6.07) is 0. The van der Waals surface area contributed by atoms with Gasteiger partial charge in [-0.15, -0.1) is 11.6 Å². The molecule has 0 fully saturated rings. The fourth-order valence-corrected chi connectivity index (χ4v) is 0.847. The molecule has 0 heterocycles. The van der Waals surface area contributed by atoms with Gasteiger partial charge in [-0.2, -0.15) is 13.2 Å². The van der Waals surface area contributed by atoms with Crippen LogP contribution in [0, 0.1) is 0 Å².